The van der Waals surface area contributed by atoms with Crippen LogP contribution in [0.15, 0.2) is 59.0 Å². The second-order valence-electron chi connectivity index (χ2n) is 5.74. The highest BCUT2D eigenvalue weighted by Crippen LogP contribution is 2.40. The van der Waals surface area contributed by atoms with Crippen molar-refractivity contribution in [3.8, 4) is 0 Å². The Morgan fingerprint density at radius 1 is 1.17 bits per heavy atom. The van der Waals surface area contributed by atoms with Crippen LogP contribution in [0, 0.1) is 0 Å². The van der Waals surface area contributed by atoms with Crippen LogP contribution >= 0.6 is 0 Å². The number of rotatable bonds is 4. The number of carbonyl (C=O) groups excluding carboxylic acids is 1. The number of oxazole rings is 1. The van der Waals surface area contributed by atoms with Gasteiger partial charge in [0.2, 0.25) is 5.91 Å². The van der Waals surface area contributed by atoms with Gasteiger partial charge >= 0.3 is 0 Å². The number of nitrogens with zero attached hydrogens (tertiary/aromatic N) is 1. The van der Waals surface area contributed by atoms with E-state index in [0.717, 1.165) is 41.1 Å². The van der Waals surface area contributed by atoms with E-state index in [9.17, 15) is 4.79 Å². The summed E-state index contributed by atoms with van der Waals surface area (Å²) in [4.78, 5) is 16.5. The second-order valence-corrected chi connectivity index (χ2v) is 5.74. The minimum Gasteiger partial charge on any atom is -0.440 e. The lowest BCUT2D eigenvalue weighted by molar-refractivity contribution is -0.111. The first-order valence-corrected chi connectivity index (χ1v) is 7.72. The zero-order valence-electron chi connectivity index (χ0n) is 12.5. The van der Waals surface area contributed by atoms with Crippen LogP contribution in [0.25, 0.3) is 17.2 Å². The smallest absolute Gasteiger partial charge is 0.248 e. The van der Waals surface area contributed by atoms with Gasteiger partial charge in [0.15, 0.2) is 11.5 Å². The Hall–Kier alpha value is -2.88. The summed E-state index contributed by atoms with van der Waals surface area (Å²) in [5.41, 5.74) is 3.26. The van der Waals surface area contributed by atoms with Gasteiger partial charge in [-0.3, -0.25) is 4.79 Å². The van der Waals surface area contributed by atoms with Gasteiger partial charge in [-0.15, -0.1) is 0 Å². The van der Waals surface area contributed by atoms with Crippen LogP contribution in [0.1, 0.15) is 30.2 Å². The quantitative estimate of drug-likeness (QED) is 0.729. The molecule has 0 saturated heterocycles. The zero-order chi connectivity index (χ0) is 15.6. The summed E-state index contributed by atoms with van der Waals surface area (Å²) in [5.74, 6) is 1.13. The largest absolute Gasteiger partial charge is 0.440 e. The molecular weight excluding hydrogens is 288 g/mol. The van der Waals surface area contributed by atoms with E-state index in [1.165, 1.54) is 6.08 Å². The third kappa shape index (κ3) is 3.16. The second kappa shape index (κ2) is 5.72. The van der Waals surface area contributed by atoms with Crippen molar-refractivity contribution in [1.29, 1.82) is 0 Å². The van der Waals surface area contributed by atoms with Gasteiger partial charge in [-0.05, 0) is 42.7 Å². The molecule has 1 aliphatic carbocycles. The Morgan fingerprint density at radius 2 is 2.00 bits per heavy atom. The highest BCUT2D eigenvalue weighted by atomic mass is 16.3. The normalized spacial score (nSPS) is 14.4. The molecule has 1 N–H and O–H groups in total. The number of amides is 1. The molecule has 1 fully saturated rings. The molecule has 0 radical (unpaired) electrons. The van der Waals surface area contributed by atoms with E-state index >= 15 is 0 Å². The van der Waals surface area contributed by atoms with Crippen LogP contribution < -0.4 is 5.32 Å². The molecule has 0 bridgehead atoms. The summed E-state index contributed by atoms with van der Waals surface area (Å²) in [7, 11) is 0. The molecule has 1 aliphatic rings. The first-order valence-electron chi connectivity index (χ1n) is 7.72. The van der Waals surface area contributed by atoms with Crippen molar-refractivity contribution in [3.63, 3.8) is 0 Å². The minimum atomic E-state index is -0.167. The predicted molar refractivity (Wildman–Crippen MR) is 90.1 cm³/mol. The third-order valence-corrected chi connectivity index (χ3v) is 3.82. The number of nitrogens with one attached hydrogen (secondary N) is 1. The van der Waals surface area contributed by atoms with Crippen molar-refractivity contribution in [1.82, 2.24) is 4.98 Å². The molecule has 1 saturated carbocycles. The number of fused-ring (bicyclic) bond motifs is 1. The lowest BCUT2D eigenvalue weighted by Crippen LogP contribution is -2.07. The van der Waals surface area contributed by atoms with Gasteiger partial charge in [0.25, 0.3) is 0 Å². The molecule has 0 aliphatic heterocycles. The predicted octanol–water partition coefficient (Wildman–Crippen LogP) is 4.36. The number of aromatic nitrogens is 1. The van der Waals surface area contributed by atoms with Gasteiger partial charge in [0, 0.05) is 17.7 Å². The highest BCUT2D eigenvalue weighted by molar-refractivity contribution is 6.02. The van der Waals surface area contributed by atoms with Gasteiger partial charge < -0.3 is 9.73 Å². The van der Waals surface area contributed by atoms with Crippen molar-refractivity contribution < 1.29 is 9.21 Å². The maximum absolute atomic E-state index is 12.0. The van der Waals surface area contributed by atoms with E-state index < -0.39 is 0 Å². The van der Waals surface area contributed by atoms with Crippen LogP contribution in [-0.2, 0) is 4.79 Å². The van der Waals surface area contributed by atoms with Gasteiger partial charge in [-0.25, -0.2) is 4.98 Å². The van der Waals surface area contributed by atoms with Gasteiger partial charge in [-0.2, -0.15) is 0 Å². The molecule has 4 nitrogen and oxygen atoms in total. The Labute approximate surface area is 133 Å². The lowest BCUT2D eigenvalue weighted by atomic mass is 10.2. The Bertz CT molecular complexity index is 877. The van der Waals surface area contributed by atoms with Crippen molar-refractivity contribution in [2.75, 3.05) is 5.32 Å². The molecule has 2 aromatic carbocycles. The van der Waals surface area contributed by atoms with E-state index in [0.29, 0.717) is 5.92 Å². The van der Waals surface area contributed by atoms with Gasteiger partial charge in [0.1, 0.15) is 5.52 Å². The fraction of sp³-hybridized carbons (Fsp3) is 0.158. The molecule has 1 amide bonds. The van der Waals surface area contributed by atoms with Crippen molar-refractivity contribution in [2.24, 2.45) is 0 Å². The molecule has 1 heterocycles. The summed E-state index contributed by atoms with van der Waals surface area (Å²) >= 11 is 0. The van der Waals surface area contributed by atoms with Crippen molar-refractivity contribution in [2.45, 2.75) is 18.8 Å². The first-order chi connectivity index (χ1) is 11.3. The van der Waals surface area contributed by atoms with Crippen LogP contribution in [0.4, 0.5) is 5.69 Å². The van der Waals surface area contributed by atoms with Crippen molar-refractivity contribution in [3.05, 3.63) is 66.1 Å². The summed E-state index contributed by atoms with van der Waals surface area (Å²) in [6.45, 7) is 0. The number of carbonyl (C=O) groups is 1. The standard InChI is InChI=1S/C19H16N2O2/c22-18(11-6-13-4-2-1-3-5-13)20-15-9-10-17-16(12-15)21-19(23-17)14-7-8-14/h1-6,9-12,14H,7-8H2,(H,20,22). The number of hydrogen-bond acceptors (Lipinski definition) is 3. The Balaban J connectivity index is 1.48. The first kappa shape index (κ1) is 13.8. The zero-order valence-corrected chi connectivity index (χ0v) is 12.5. The van der Waals surface area contributed by atoms with Gasteiger partial charge in [-0.1, -0.05) is 30.3 Å². The molecular formula is C19H16N2O2. The van der Waals surface area contributed by atoms with Crippen LogP contribution in [0.2, 0.25) is 0 Å². The number of benzene rings is 2. The monoisotopic (exact) mass is 304 g/mol. The molecule has 114 valence electrons. The van der Waals surface area contributed by atoms with E-state index in [2.05, 4.69) is 10.3 Å². The van der Waals surface area contributed by atoms with Gasteiger partial charge in [0.05, 0.1) is 0 Å². The fourth-order valence-electron chi connectivity index (χ4n) is 2.45. The van der Waals surface area contributed by atoms with Crippen LogP contribution in [-0.4, -0.2) is 10.9 Å². The molecule has 4 heteroatoms. The molecule has 4 rings (SSSR count). The topological polar surface area (TPSA) is 55.1 Å². The summed E-state index contributed by atoms with van der Waals surface area (Å²) in [6.07, 6.45) is 5.62. The number of hydrogen-bond donors (Lipinski definition) is 1. The summed E-state index contributed by atoms with van der Waals surface area (Å²) in [6, 6.07) is 15.2. The SMILES string of the molecule is O=C(C=Cc1ccccc1)Nc1ccc2oc(C3CC3)nc2c1. The minimum absolute atomic E-state index is 0.167. The van der Waals surface area contributed by atoms with E-state index in [-0.39, 0.29) is 5.91 Å². The maximum Gasteiger partial charge on any atom is 0.248 e. The molecule has 1 aromatic heterocycles. The average Bonchev–Trinajstić information content (AvgIpc) is 3.34. The lowest BCUT2D eigenvalue weighted by Gasteiger charge is -2.01. The van der Waals surface area contributed by atoms with Crippen LogP contribution in [0.3, 0.4) is 0 Å². The maximum atomic E-state index is 12.0. The Kier molecular flexibility index (Phi) is 3.42. The molecule has 0 spiro atoms. The molecule has 3 aromatic rings. The molecule has 0 atom stereocenters. The fourth-order valence-corrected chi connectivity index (χ4v) is 2.45. The third-order valence-electron chi connectivity index (χ3n) is 3.82. The number of anilines is 1. The Morgan fingerprint density at radius 3 is 2.78 bits per heavy atom. The highest BCUT2D eigenvalue weighted by Gasteiger charge is 2.28. The average molecular weight is 304 g/mol. The van der Waals surface area contributed by atoms with E-state index in [1.54, 1.807) is 6.08 Å². The summed E-state index contributed by atoms with van der Waals surface area (Å²) < 4.78 is 5.72. The summed E-state index contributed by atoms with van der Waals surface area (Å²) in [5, 5.41) is 2.85. The van der Waals surface area contributed by atoms with E-state index in [4.69, 9.17) is 4.42 Å². The van der Waals surface area contributed by atoms with Crippen LogP contribution in [0.5, 0.6) is 0 Å². The molecule has 0 unspecified atom stereocenters. The van der Waals surface area contributed by atoms with E-state index in [1.807, 2.05) is 48.5 Å². The van der Waals surface area contributed by atoms with Crippen molar-refractivity contribution >= 4 is 28.8 Å². The molecule has 23 heavy (non-hydrogen) atoms.